The van der Waals surface area contributed by atoms with E-state index in [0.717, 1.165) is 16.8 Å². The molecule has 0 aliphatic carbocycles. The second-order valence-corrected chi connectivity index (χ2v) is 6.60. The number of primary amides is 1. The summed E-state index contributed by atoms with van der Waals surface area (Å²) in [5.41, 5.74) is 9.51. The molecule has 126 valence electrons. The first-order valence-electron chi connectivity index (χ1n) is 7.74. The summed E-state index contributed by atoms with van der Waals surface area (Å²) in [5.74, 6) is -1.37. The number of aromatic nitrogens is 1. The largest absolute Gasteiger partial charge is 0.369 e. The van der Waals surface area contributed by atoms with Crippen LogP contribution < -0.4 is 5.73 Å². The molecule has 3 nitrogen and oxygen atoms in total. The smallest absolute Gasteiger partial charge is 0.231 e. The van der Waals surface area contributed by atoms with Crippen molar-refractivity contribution in [3.05, 3.63) is 87.5 Å². The van der Waals surface area contributed by atoms with Crippen molar-refractivity contribution in [2.45, 2.75) is 12.8 Å². The fraction of sp³-hybridized carbons (Fsp3) is 0.100. The fourth-order valence-corrected chi connectivity index (χ4v) is 3.42. The third-order valence-electron chi connectivity index (χ3n) is 3.95. The molecular weight excluding hydrogens is 355 g/mol. The molecule has 3 rings (SSSR count). The van der Waals surface area contributed by atoms with E-state index >= 15 is 0 Å². The predicted octanol–water partition coefficient (Wildman–Crippen LogP) is 4.98. The van der Waals surface area contributed by atoms with E-state index in [9.17, 15) is 4.79 Å². The number of amides is 1. The van der Waals surface area contributed by atoms with Crippen LogP contribution in [0.15, 0.2) is 60.7 Å². The van der Waals surface area contributed by atoms with E-state index in [-0.39, 0.29) is 0 Å². The molecular formula is C20H16Cl2N2O. The summed E-state index contributed by atoms with van der Waals surface area (Å²) < 4.78 is 0. The lowest BCUT2D eigenvalue weighted by atomic mass is 9.93. The molecule has 0 saturated heterocycles. The molecule has 3 aromatic rings. The van der Waals surface area contributed by atoms with E-state index in [1.165, 1.54) is 0 Å². The lowest BCUT2D eigenvalue weighted by Crippen LogP contribution is -2.24. The normalized spacial score (nSPS) is 12.0. The number of carbonyl (C=O) groups is 1. The van der Waals surface area contributed by atoms with Crippen LogP contribution in [0, 0.1) is 6.92 Å². The lowest BCUT2D eigenvalue weighted by molar-refractivity contribution is -0.118. The lowest BCUT2D eigenvalue weighted by Gasteiger charge is -2.17. The highest BCUT2D eigenvalue weighted by Crippen LogP contribution is 2.35. The summed E-state index contributed by atoms with van der Waals surface area (Å²) in [5, 5.41) is 0.776. The van der Waals surface area contributed by atoms with Gasteiger partial charge in [0.25, 0.3) is 0 Å². The second-order valence-electron chi connectivity index (χ2n) is 5.79. The number of hydrogen-bond acceptors (Lipinski definition) is 2. The number of aryl methyl sites for hydroxylation is 1. The molecule has 2 N–H and O–H groups in total. The van der Waals surface area contributed by atoms with E-state index < -0.39 is 11.8 Å². The van der Waals surface area contributed by atoms with Crippen molar-refractivity contribution in [2.75, 3.05) is 0 Å². The van der Waals surface area contributed by atoms with Gasteiger partial charge in [0.15, 0.2) is 0 Å². The average Bonchev–Trinajstić information content (AvgIpc) is 2.58. The number of nitrogens with two attached hydrogens (primary N) is 1. The zero-order valence-electron chi connectivity index (χ0n) is 13.5. The van der Waals surface area contributed by atoms with Gasteiger partial charge in [0, 0.05) is 21.2 Å². The number of nitrogens with zero attached hydrogens (tertiary/aromatic N) is 1. The molecule has 1 aromatic heterocycles. The Labute approximate surface area is 156 Å². The second kappa shape index (κ2) is 7.26. The van der Waals surface area contributed by atoms with Gasteiger partial charge in [0.05, 0.1) is 11.4 Å². The Kier molecular flexibility index (Phi) is 5.07. The molecule has 0 aliphatic heterocycles. The minimum absolute atomic E-state index is 0.388. The molecule has 0 saturated carbocycles. The monoisotopic (exact) mass is 370 g/mol. The van der Waals surface area contributed by atoms with Crippen LogP contribution in [0.2, 0.25) is 10.0 Å². The van der Waals surface area contributed by atoms with Crippen molar-refractivity contribution in [3.63, 3.8) is 0 Å². The first-order valence-corrected chi connectivity index (χ1v) is 8.50. The molecule has 1 unspecified atom stereocenters. The first kappa shape index (κ1) is 17.5. The highest BCUT2D eigenvalue weighted by Gasteiger charge is 2.26. The number of rotatable bonds is 4. The number of carbonyl (C=O) groups excluding carboxylic acids is 1. The predicted molar refractivity (Wildman–Crippen MR) is 102 cm³/mol. The summed E-state index contributed by atoms with van der Waals surface area (Å²) in [7, 11) is 0. The van der Waals surface area contributed by atoms with Gasteiger partial charge >= 0.3 is 0 Å². The Morgan fingerprint density at radius 1 is 1.00 bits per heavy atom. The first-order chi connectivity index (χ1) is 12.0. The van der Waals surface area contributed by atoms with Gasteiger partial charge in [-0.3, -0.25) is 9.78 Å². The van der Waals surface area contributed by atoms with E-state index in [2.05, 4.69) is 4.98 Å². The van der Waals surface area contributed by atoms with Crippen LogP contribution in [-0.4, -0.2) is 10.9 Å². The molecule has 1 atom stereocenters. The van der Waals surface area contributed by atoms with Crippen molar-refractivity contribution >= 4 is 29.1 Å². The quantitative estimate of drug-likeness (QED) is 0.703. The average molecular weight is 371 g/mol. The summed E-state index contributed by atoms with van der Waals surface area (Å²) in [4.78, 5) is 16.8. The molecule has 0 bridgehead atoms. The number of pyridine rings is 1. The standard InChI is InChI=1S/C20H16Cl2N2O/c1-12-5-2-6-13(11-12)16-9-4-10-17(24-16)19(20(23)25)18-14(21)7-3-8-15(18)22/h2-11,19H,1H3,(H2,23,25). The topological polar surface area (TPSA) is 56.0 Å². The molecule has 1 heterocycles. The number of hydrogen-bond donors (Lipinski definition) is 1. The van der Waals surface area contributed by atoms with Gasteiger partial charge in [0.1, 0.15) is 5.92 Å². The Morgan fingerprint density at radius 2 is 1.64 bits per heavy atom. The van der Waals surface area contributed by atoms with Crippen molar-refractivity contribution in [2.24, 2.45) is 5.73 Å². The van der Waals surface area contributed by atoms with E-state index in [1.54, 1.807) is 24.3 Å². The van der Waals surface area contributed by atoms with Crippen molar-refractivity contribution < 1.29 is 4.79 Å². The SMILES string of the molecule is Cc1cccc(-c2cccc(C(C(N)=O)c3c(Cl)cccc3Cl)n2)c1. The maximum absolute atomic E-state index is 12.2. The Bertz CT molecular complexity index is 920. The highest BCUT2D eigenvalue weighted by molar-refractivity contribution is 6.36. The van der Waals surface area contributed by atoms with E-state index in [4.69, 9.17) is 28.9 Å². The van der Waals surface area contributed by atoms with Crippen LogP contribution in [0.1, 0.15) is 22.7 Å². The van der Waals surface area contributed by atoms with Gasteiger partial charge in [-0.25, -0.2) is 0 Å². The van der Waals surface area contributed by atoms with Crippen LogP contribution in [0.5, 0.6) is 0 Å². The van der Waals surface area contributed by atoms with E-state index in [0.29, 0.717) is 21.3 Å². The Morgan fingerprint density at radius 3 is 2.28 bits per heavy atom. The summed E-state index contributed by atoms with van der Waals surface area (Å²) in [6.45, 7) is 2.02. The number of halogens is 2. The van der Waals surface area contributed by atoms with Gasteiger partial charge in [-0.2, -0.15) is 0 Å². The molecule has 0 radical (unpaired) electrons. The molecule has 0 aliphatic rings. The molecule has 5 heteroatoms. The fourth-order valence-electron chi connectivity index (χ4n) is 2.80. The maximum Gasteiger partial charge on any atom is 0.231 e. The third-order valence-corrected chi connectivity index (χ3v) is 4.61. The van der Waals surface area contributed by atoms with Gasteiger partial charge in [-0.05, 0) is 37.3 Å². The Balaban J connectivity index is 2.13. The van der Waals surface area contributed by atoms with E-state index in [1.807, 2.05) is 43.3 Å². The van der Waals surface area contributed by atoms with Crippen molar-refractivity contribution in [3.8, 4) is 11.3 Å². The van der Waals surface area contributed by atoms with Crippen LogP contribution >= 0.6 is 23.2 Å². The molecule has 0 fully saturated rings. The number of benzene rings is 2. The molecule has 0 spiro atoms. The molecule has 2 aromatic carbocycles. The minimum atomic E-state index is -0.814. The maximum atomic E-state index is 12.2. The van der Waals surface area contributed by atoms with Crippen LogP contribution in [0.4, 0.5) is 0 Å². The molecule has 1 amide bonds. The van der Waals surface area contributed by atoms with Gasteiger partial charge in [-0.1, -0.05) is 59.1 Å². The zero-order valence-corrected chi connectivity index (χ0v) is 15.1. The van der Waals surface area contributed by atoms with Crippen molar-refractivity contribution in [1.29, 1.82) is 0 Å². The summed E-state index contributed by atoms with van der Waals surface area (Å²) in [6, 6.07) is 18.6. The zero-order chi connectivity index (χ0) is 18.0. The van der Waals surface area contributed by atoms with Crippen LogP contribution in [-0.2, 0) is 4.79 Å². The van der Waals surface area contributed by atoms with Gasteiger partial charge < -0.3 is 5.73 Å². The third kappa shape index (κ3) is 3.68. The minimum Gasteiger partial charge on any atom is -0.369 e. The highest BCUT2D eigenvalue weighted by atomic mass is 35.5. The van der Waals surface area contributed by atoms with Crippen molar-refractivity contribution in [1.82, 2.24) is 4.98 Å². The molecule has 25 heavy (non-hydrogen) atoms. The Hall–Kier alpha value is -2.36. The van der Waals surface area contributed by atoms with Crippen LogP contribution in [0.3, 0.4) is 0 Å². The van der Waals surface area contributed by atoms with Gasteiger partial charge in [0.2, 0.25) is 5.91 Å². The summed E-state index contributed by atoms with van der Waals surface area (Å²) in [6.07, 6.45) is 0. The summed E-state index contributed by atoms with van der Waals surface area (Å²) >= 11 is 12.6. The van der Waals surface area contributed by atoms with Gasteiger partial charge in [-0.15, -0.1) is 0 Å². The van der Waals surface area contributed by atoms with Crippen LogP contribution in [0.25, 0.3) is 11.3 Å².